The van der Waals surface area contributed by atoms with E-state index < -0.39 is 0 Å². The van der Waals surface area contributed by atoms with Gasteiger partial charge >= 0.3 is 0 Å². The number of fused-ring (bicyclic) bond motifs is 1. The van der Waals surface area contributed by atoms with Crippen molar-refractivity contribution in [2.24, 2.45) is 0 Å². The molecule has 0 bridgehead atoms. The van der Waals surface area contributed by atoms with Gasteiger partial charge in [-0.05, 0) is 35.4 Å². The lowest BCUT2D eigenvalue weighted by molar-refractivity contribution is 0.0989. The van der Waals surface area contributed by atoms with Crippen LogP contribution in [0.4, 0.5) is 0 Å². The number of carbonyl (C=O) groups excluding carboxylic acids is 1. The van der Waals surface area contributed by atoms with Gasteiger partial charge in [0.1, 0.15) is 5.69 Å². The lowest BCUT2D eigenvalue weighted by atomic mass is 10.1. The first kappa shape index (κ1) is 16.8. The molecule has 0 fully saturated rings. The maximum Gasteiger partial charge on any atom is 0.188 e. The molecule has 0 spiro atoms. The van der Waals surface area contributed by atoms with E-state index in [4.69, 9.17) is 23.2 Å². The topological polar surface area (TPSA) is 63.6 Å². The molecule has 0 radical (unpaired) electrons. The van der Waals surface area contributed by atoms with Crippen molar-refractivity contribution in [2.45, 2.75) is 13.0 Å². The van der Waals surface area contributed by atoms with Gasteiger partial charge in [-0.3, -0.25) is 14.6 Å². The van der Waals surface area contributed by atoms with E-state index in [0.29, 0.717) is 22.3 Å². The van der Waals surface area contributed by atoms with Crippen LogP contribution in [0.5, 0.6) is 0 Å². The second-order valence-corrected chi connectivity index (χ2v) is 6.91. The molecule has 5 nitrogen and oxygen atoms in total. The molecule has 0 saturated heterocycles. The average molecular weight is 385 g/mol. The number of aromatic amines is 1. The molecule has 4 aromatic rings. The van der Waals surface area contributed by atoms with Crippen LogP contribution >= 0.6 is 23.2 Å². The highest BCUT2D eigenvalue weighted by molar-refractivity contribution is 6.34. The number of benzene rings is 2. The third-order valence-electron chi connectivity index (χ3n) is 4.05. The number of halogens is 2. The molecule has 2 heterocycles. The Morgan fingerprint density at radius 3 is 2.65 bits per heavy atom. The largest absolute Gasteiger partial charge is 0.292 e. The smallest absolute Gasteiger partial charge is 0.188 e. The lowest BCUT2D eigenvalue weighted by Gasteiger charge is -2.03. The molecule has 0 unspecified atom stereocenters. The minimum atomic E-state index is -0.0483. The predicted octanol–water partition coefficient (Wildman–Crippen LogP) is 4.54. The normalized spacial score (nSPS) is 11.2. The number of rotatable bonds is 5. The number of hydrogen-bond acceptors (Lipinski definition) is 3. The average Bonchev–Trinajstić information content (AvgIpc) is 3.20. The first-order chi connectivity index (χ1) is 12.6. The van der Waals surface area contributed by atoms with Gasteiger partial charge in [-0.2, -0.15) is 10.2 Å². The van der Waals surface area contributed by atoms with E-state index in [2.05, 4.69) is 15.3 Å². The van der Waals surface area contributed by atoms with Crippen molar-refractivity contribution in [3.05, 3.63) is 81.7 Å². The summed E-state index contributed by atoms with van der Waals surface area (Å²) >= 11 is 12.1. The van der Waals surface area contributed by atoms with E-state index in [1.54, 1.807) is 16.9 Å². The zero-order valence-electron chi connectivity index (χ0n) is 13.6. The Balaban J connectivity index is 1.50. The summed E-state index contributed by atoms with van der Waals surface area (Å²) in [6, 6.07) is 13.0. The molecule has 4 rings (SSSR count). The van der Waals surface area contributed by atoms with Crippen LogP contribution in [0.2, 0.25) is 10.0 Å². The van der Waals surface area contributed by atoms with Gasteiger partial charge in [-0.1, -0.05) is 41.4 Å². The molecular formula is C19H14Cl2N4O. The first-order valence-electron chi connectivity index (χ1n) is 8.01. The number of nitrogens with zero attached hydrogens (tertiary/aromatic N) is 3. The molecule has 2 aromatic carbocycles. The summed E-state index contributed by atoms with van der Waals surface area (Å²) in [7, 11) is 0. The number of para-hydroxylation sites is 1. The highest BCUT2D eigenvalue weighted by Crippen LogP contribution is 2.20. The number of hydrogen-bond donors (Lipinski definition) is 1. The molecule has 7 heteroatoms. The van der Waals surface area contributed by atoms with Gasteiger partial charge in [0.2, 0.25) is 0 Å². The van der Waals surface area contributed by atoms with Crippen LogP contribution in [0, 0.1) is 0 Å². The summed E-state index contributed by atoms with van der Waals surface area (Å²) < 4.78 is 1.76. The summed E-state index contributed by atoms with van der Waals surface area (Å²) in [5.41, 5.74) is 3.08. The molecule has 0 amide bonds. The van der Waals surface area contributed by atoms with Crippen molar-refractivity contribution in [2.75, 3.05) is 0 Å². The van der Waals surface area contributed by atoms with Crippen molar-refractivity contribution in [1.82, 2.24) is 20.0 Å². The second-order valence-electron chi connectivity index (χ2n) is 6.04. The number of nitrogens with one attached hydrogen (secondary N) is 1. The summed E-state index contributed by atoms with van der Waals surface area (Å²) in [5.74, 6) is -0.0483. The summed E-state index contributed by atoms with van der Waals surface area (Å²) in [6.07, 6.45) is 3.78. The fourth-order valence-electron chi connectivity index (χ4n) is 2.92. The molecule has 0 aliphatic heterocycles. The van der Waals surface area contributed by atoms with Gasteiger partial charge in [0.15, 0.2) is 5.78 Å². The molecule has 130 valence electrons. The molecule has 1 N–H and O–H groups in total. The Hall–Kier alpha value is -2.63. The monoisotopic (exact) mass is 384 g/mol. The SMILES string of the molecule is O=C(Cc1cnn(Cc2cc(Cl)cc(Cl)c2)c1)c1n[nH]c2ccccc12. The minimum Gasteiger partial charge on any atom is -0.292 e. The molecule has 0 aliphatic rings. The van der Waals surface area contributed by atoms with Crippen LogP contribution in [0.15, 0.2) is 54.9 Å². The third kappa shape index (κ3) is 3.49. The van der Waals surface area contributed by atoms with Crippen molar-refractivity contribution in [1.29, 1.82) is 0 Å². The standard InChI is InChI=1S/C19H14Cl2N4O/c20-14-5-12(6-15(21)8-14)10-25-11-13(9-22-25)7-18(26)19-16-3-1-2-4-17(16)23-24-19/h1-6,8-9,11H,7,10H2,(H,23,24). The lowest BCUT2D eigenvalue weighted by Crippen LogP contribution is -2.04. The third-order valence-corrected chi connectivity index (χ3v) is 4.49. The van der Waals surface area contributed by atoms with Crippen molar-refractivity contribution in [3.8, 4) is 0 Å². The Bertz CT molecular complexity index is 1080. The molecular weight excluding hydrogens is 371 g/mol. The quantitative estimate of drug-likeness (QED) is 0.513. The van der Waals surface area contributed by atoms with Crippen LogP contribution in [-0.2, 0) is 13.0 Å². The van der Waals surface area contributed by atoms with Crippen LogP contribution in [0.1, 0.15) is 21.6 Å². The predicted molar refractivity (Wildman–Crippen MR) is 102 cm³/mol. The van der Waals surface area contributed by atoms with E-state index in [0.717, 1.165) is 22.0 Å². The van der Waals surface area contributed by atoms with Gasteiger partial charge in [-0.15, -0.1) is 0 Å². The van der Waals surface area contributed by atoms with Crippen LogP contribution in [-0.4, -0.2) is 25.8 Å². The van der Waals surface area contributed by atoms with Crippen molar-refractivity contribution >= 4 is 39.9 Å². The Kier molecular flexibility index (Phi) is 4.49. The van der Waals surface area contributed by atoms with Gasteiger partial charge in [0.25, 0.3) is 0 Å². The van der Waals surface area contributed by atoms with Crippen LogP contribution in [0.25, 0.3) is 10.9 Å². The fourth-order valence-corrected chi connectivity index (χ4v) is 3.49. The fraction of sp³-hybridized carbons (Fsp3) is 0.105. The molecule has 0 saturated carbocycles. The Morgan fingerprint density at radius 1 is 1.08 bits per heavy atom. The molecule has 26 heavy (non-hydrogen) atoms. The maximum absolute atomic E-state index is 12.6. The first-order valence-corrected chi connectivity index (χ1v) is 8.77. The van der Waals surface area contributed by atoms with Gasteiger partial charge in [0.05, 0.1) is 18.3 Å². The number of H-pyrrole nitrogens is 1. The Labute approximate surface area is 159 Å². The van der Waals surface area contributed by atoms with Crippen molar-refractivity contribution < 1.29 is 4.79 Å². The zero-order valence-corrected chi connectivity index (χ0v) is 15.1. The highest BCUT2D eigenvalue weighted by Gasteiger charge is 2.15. The van der Waals surface area contributed by atoms with E-state index in [9.17, 15) is 4.79 Å². The van der Waals surface area contributed by atoms with Crippen molar-refractivity contribution in [3.63, 3.8) is 0 Å². The number of aromatic nitrogens is 4. The number of carbonyl (C=O) groups is 1. The molecule has 0 atom stereocenters. The highest BCUT2D eigenvalue weighted by atomic mass is 35.5. The van der Waals surface area contributed by atoms with Crippen LogP contribution in [0.3, 0.4) is 0 Å². The zero-order chi connectivity index (χ0) is 18.1. The summed E-state index contributed by atoms with van der Waals surface area (Å²) in [5, 5.41) is 13.4. The summed E-state index contributed by atoms with van der Waals surface area (Å²) in [6.45, 7) is 0.528. The van der Waals surface area contributed by atoms with Gasteiger partial charge in [0, 0.05) is 28.0 Å². The number of Topliss-reactive ketones (excluding diaryl/α,β-unsaturated/α-hetero) is 1. The summed E-state index contributed by atoms with van der Waals surface area (Å²) in [4.78, 5) is 12.6. The second kappa shape index (κ2) is 6.94. The van der Waals surface area contributed by atoms with E-state index >= 15 is 0 Å². The molecule has 2 aromatic heterocycles. The molecule has 0 aliphatic carbocycles. The van der Waals surface area contributed by atoms with Gasteiger partial charge < -0.3 is 0 Å². The van der Waals surface area contributed by atoms with E-state index in [1.165, 1.54) is 0 Å². The maximum atomic E-state index is 12.6. The van der Waals surface area contributed by atoms with Crippen LogP contribution < -0.4 is 0 Å². The van der Waals surface area contributed by atoms with E-state index in [-0.39, 0.29) is 12.2 Å². The Morgan fingerprint density at radius 2 is 1.85 bits per heavy atom. The number of ketones is 1. The van der Waals surface area contributed by atoms with Gasteiger partial charge in [-0.25, -0.2) is 0 Å². The van der Waals surface area contributed by atoms with E-state index in [1.807, 2.05) is 42.6 Å². The minimum absolute atomic E-state index is 0.0483.